The van der Waals surface area contributed by atoms with Gasteiger partial charge in [0.2, 0.25) is 0 Å². The zero-order valence-electron chi connectivity index (χ0n) is 9.65. The lowest BCUT2D eigenvalue weighted by Gasteiger charge is -2.18. The van der Waals surface area contributed by atoms with E-state index in [0.717, 1.165) is 0 Å². The van der Waals surface area contributed by atoms with Crippen molar-refractivity contribution in [2.24, 2.45) is 11.7 Å². The molecule has 17 heavy (non-hydrogen) atoms. The quantitative estimate of drug-likeness (QED) is 0.609. The molecular weight excluding hydrogens is 224 g/mol. The number of amides is 1. The summed E-state index contributed by atoms with van der Waals surface area (Å²) >= 11 is 0. The van der Waals surface area contributed by atoms with E-state index in [-0.39, 0.29) is 12.5 Å². The number of carboxylic acid groups (broad SMARTS) is 1. The molecule has 0 saturated heterocycles. The van der Waals surface area contributed by atoms with Crippen molar-refractivity contribution in [1.82, 2.24) is 5.32 Å². The van der Waals surface area contributed by atoms with E-state index in [1.165, 1.54) is 6.08 Å². The molecule has 6 nitrogen and oxygen atoms in total. The summed E-state index contributed by atoms with van der Waals surface area (Å²) in [5.74, 6) is -0.887. The van der Waals surface area contributed by atoms with Gasteiger partial charge in [0.15, 0.2) is 0 Å². The van der Waals surface area contributed by atoms with Gasteiger partial charge in [0.05, 0.1) is 0 Å². The molecule has 1 aliphatic carbocycles. The highest BCUT2D eigenvalue weighted by atomic mass is 16.5. The van der Waals surface area contributed by atoms with Crippen molar-refractivity contribution in [2.45, 2.75) is 24.8 Å². The molecule has 1 saturated carbocycles. The van der Waals surface area contributed by atoms with Crippen molar-refractivity contribution in [3.8, 4) is 0 Å². The zero-order chi connectivity index (χ0) is 12.9. The Bertz CT molecular complexity index is 319. The molecule has 0 aromatic rings. The number of nitrogens with one attached hydrogen (secondary N) is 1. The predicted octanol–water partition coefficient (Wildman–Crippen LogP) is 0.481. The number of carboxylic acids is 1. The van der Waals surface area contributed by atoms with Crippen LogP contribution in [0.3, 0.4) is 0 Å². The standard InChI is InChI=1S/C11H18N2O4/c1-2-5-17-10(16)13-7-8-3-4-11(12,6-8)9(14)15/h2,8H,1,3-7,12H2,(H,13,16)(H,14,15). The van der Waals surface area contributed by atoms with E-state index in [9.17, 15) is 9.59 Å². The first-order valence-corrected chi connectivity index (χ1v) is 5.52. The van der Waals surface area contributed by atoms with Crippen LogP contribution >= 0.6 is 0 Å². The molecule has 1 fully saturated rings. The van der Waals surface area contributed by atoms with Gasteiger partial charge in [0.25, 0.3) is 0 Å². The van der Waals surface area contributed by atoms with E-state index in [1.807, 2.05) is 0 Å². The maximum atomic E-state index is 11.1. The lowest BCUT2D eigenvalue weighted by molar-refractivity contribution is -0.143. The molecule has 0 heterocycles. The summed E-state index contributed by atoms with van der Waals surface area (Å²) in [6.45, 7) is 3.97. The molecule has 0 aliphatic heterocycles. The first-order chi connectivity index (χ1) is 7.98. The third-order valence-corrected chi connectivity index (χ3v) is 2.94. The van der Waals surface area contributed by atoms with Gasteiger partial charge in [-0.2, -0.15) is 0 Å². The summed E-state index contributed by atoms with van der Waals surface area (Å²) in [4.78, 5) is 22.0. The molecule has 0 aromatic heterocycles. The van der Waals surface area contributed by atoms with Crippen molar-refractivity contribution < 1.29 is 19.4 Å². The van der Waals surface area contributed by atoms with Crippen molar-refractivity contribution in [2.75, 3.05) is 13.2 Å². The van der Waals surface area contributed by atoms with Gasteiger partial charge in [-0.1, -0.05) is 12.7 Å². The summed E-state index contributed by atoms with van der Waals surface area (Å²) in [5.41, 5.74) is 4.58. The second-order valence-corrected chi connectivity index (χ2v) is 4.34. The summed E-state index contributed by atoms with van der Waals surface area (Å²) in [6, 6.07) is 0. The van der Waals surface area contributed by atoms with Gasteiger partial charge in [-0.3, -0.25) is 4.79 Å². The van der Waals surface area contributed by atoms with Crippen LogP contribution in [-0.2, 0) is 9.53 Å². The molecular formula is C11H18N2O4. The number of carbonyl (C=O) groups is 2. The van der Waals surface area contributed by atoms with Crippen molar-refractivity contribution in [3.63, 3.8) is 0 Å². The molecule has 0 bridgehead atoms. The largest absolute Gasteiger partial charge is 0.480 e. The number of aliphatic carboxylic acids is 1. The average molecular weight is 242 g/mol. The Morgan fingerprint density at radius 2 is 2.35 bits per heavy atom. The fourth-order valence-corrected chi connectivity index (χ4v) is 1.96. The van der Waals surface area contributed by atoms with Gasteiger partial charge >= 0.3 is 12.1 Å². The number of ether oxygens (including phenoxy) is 1. The molecule has 96 valence electrons. The first kappa shape index (κ1) is 13.5. The Labute approximate surface area is 99.8 Å². The predicted molar refractivity (Wildman–Crippen MR) is 61.4 cm³/mol. The molecule has 0 aromatic carbocycles. The van der Waals surface area contributed by atoms with Crippen molar-refractivity contribution >= 4 is 12.1 Å². The van der Waals surface area contributed by atoms with Crippen LogP contribution in [0, 0.1) is 5.92 Å². The fraction of sp³-hybridized carbons (Fsp3) is 0.636. The van der Waals surface area contributed by atoms with Crippen LogP contribution in [-0.4, -0.2) is 35.9 Å². The third kappa shape index (κ3) is 3.74. The molecule has 6 heteroatoms. The lowest BCUT2D eigenvalue weighted by atomic mass is 9.98. The minimum atomic E-state index is -1.14. The normalized spacial score (nSPS) is 27.5. The van der Waals surface area contributed by atoms with Gasteiger partial charge in [0, 0.05) is 6.54 Å². The highest BCUT2D eigenvalue weighted by molar-refractivity contribution is 5.78. The second kappa shape index (κ2) is 5.67. The van der Waals surface area contributed by atoms with Gasteiger partial charge in [0.1, 0.15) is 12.1 Å². The second-order valence-electron chi connectivity index (χ2n) is 4.34. The summed E-state index contributed by atoms with van der Waals surface area (Å²) < 4.78 is 4.73. The van der Waals surface area contributed by atoms with Crippen LogP contribution in [0.25, 0.3) is 0 Å². The van der Waals surface area contributed by atoms with Crippen LogP contribution in [0.4, 0.5) is 4.79 Å². The molecule has 1 rings (SSSR count). The smallest absolute Gasteiger partial charge is 0.407 e. The number of carbonyl (C=O) groups excluding carboxylic acids is 1. The SMILES string of the molecule is C=CCOC(=O)NCC1CCC(N)(C(=O)O)C1. The Kier molecular flexibility index (Phi) is 4.51. The van der Waals surface area contributed by atoms with Gasteiger partial charge < -0.3 is 20.9 Å². The highest BCUT2D eigenvalue weighted by Gasteiger charge is 2.41. The molecule has 1 amide bonds. The van der Waals surface area contributed by atoms with Crippen LogP contribution in [0.1, 0.15) is 19.3 Å². The maximum Gasteiger partial charge on any atom is 0.407 e. The van der Waals surface area contributed by atoms with E-state index in [2.05, 4.69) is 11.9 Å². The third-order valence-electron chi connectivity index (χ3n) is 2.94. The minimum absolute atomic E-state index is 0.0902. The molecule has 0 spiro atoms. The molecule has 0 radical (unpaired) electrons. The monoisotopic (exact) mass is 242 g/mol. The average Bonchev–Trinajstić information content (AvgIpc) is 2.67. The van der Waals surface area contributed by atoms with Crippen LogP contribution in [0.15, 0.2) is 12.7 Å². The maximum absolute atomic E-state index is 11.1. The van der Waals surface area contributed by atoms with Crippen LogP contribution in [0.2, 0.25) is 0 Å². The molecule has 2 unspecified atom stereocenters. The van der Waals surface area contributed by atoms with E-state index < -0.39 is 17.6 Å². The summed E-state index contributed by atoms with van der Waals surface area (Å²) in [5, 5.41) is 11.5. The number of alkyl carbamates (subject to hydrolysis) is 1. The van der Waals surface area contributed by atoms with E-state index in [1.54, 1.807) is 0 Å². The number of hydrogen-bond donors (Lipinski definition) is 3. The van der Waals surface area contributed by atoms with Crippen LogP contribution < -0.4 is 11.1 Å². The lowest BCUT2D eigenvalue weighted by Crippen LogP contribution is -2.45. The Morgan fingerprint density at radius 1 is 1.65 bits per heavy atom. The first-order valence-electron chi connectivity index (χ1n) is 5.52. The number of hydrogen-bond acceptors (Lipinski definition) is 4. The van der Waals surface area contributed by atoms with Gasteiger partial charge in [-0.05, 0) is 25.2 Å². The van der Waals surface area contributed by atoms with Crippen molar-refractivity contribution in [1.29, 1.82) is 0 Å². The van der Waals surface area contributed by atoms with E-state index >= 15 is 0 Å². The Hall–Kier alpha value is -1.56. The Morgan fingerprint density at radius 3 is 2.88 bits per heavy atom. The molecule has 2 atom stereocenters. The van der Waals surface area contributed by atoms with E-state index in [0.29, 0.717) is 25.8 Å². The van der Waals surface area contributed by atoms with Gasteiger partial charge in [-0.25, -0.2) is 4.79 Å². The molecule has 4 N–H and O–H groups in total. The minimum Gasteiger partial charge on any atom is -0.480 e. The highest BCUT2D eigenvalue weighted by Crippen LogP contribution is 2.32. The molecule has 1 aliphatic rings. The van der Waals surface area contributed by atoms with Gasteiger partial charge in [-0.15, -0.1) is 0 Å². The zero-order valence-corrected chi connectivity index (χ0v) is 9.65. The number of rotatable bonds is 5. The summed E-state index contributed by atoms with van der Waals surface area (Å²) in [6.07, 6.45) is 2.48. The Balaban J connectivity index is 2.29. The topological polar surface area (TPSA) is 102 Å². The van der Waals surface area contributed by atoms with E-state index in [4.69, 9.17) is 15.6 Å². The number of nitrogens with two attached hydrogens (primary N) is 1. The fourth-order valence-electron chi connectivity index (χ4n) is 1.96. The van der Waals surface area contributed by atoms with Crippen LogP contribution in [0.5, 0.6) is 0 Å². The summed E-state index contributed by atoms with van der Waals surface area (Å²) in [7, 11) is 0. The van der Waals surface area contributed by atoms with Crippen molar-refractivity contribution in [3.05, 3.63) is 12.7 Å².